The van der Waals surface area contributed by atoms with Crippen molar-refractivity contribution in [1.29, 1.82) is 0 Å². The molecule has 4 aromatic rings. The number of fused-ring (bicyclic) bond motifs is 2. The van der Waals surface area contributed by atoms with Gasteiger partial charge in [-0.25, -0.2) is 18.0 Å². The second-order valence-corrected chi connectivity index (χ2v) is 16.6. The van der Waals surface area contributed by atoms with Crippen molar-refractivity contribution in [2.24, 2.45) is 0 Å². The molecule has 2 heterocycles. The van der Waals surface area contributed by atoms with Gasteiger partial charge in [-0.05, 0) is 55.3 Å². The topological polar surface area (TPSA) is 167 Å². The molecule has 0 aromatic heterocycles. The highest BCUT2D eigenvalue weighted by atomic mass is 35.5. The normalized spacial score (nSPS) is 13.8. The van der Waals surface area contributed by atoms with Crippen LogP contribution in [0.2, 0.25) is 0 Å². The Balaban J connectivity index is 0.000000365. The molecule has 2 N–H and O–H groups in total. The van der Waals surface area contributed by atoms with Crippen LogP contribution in [-0.4, -0.2) is 87.2 Å². The van der Waals surface area contributed by atoms with E-state index in [1.807, 2.05) is 60.7 Å². The Labute approximate surface area is 309 Å². The number of alkyl halides is 2. The quantitative estimate of drug-likeness (QED) is 0.112. The Morgan fingerprint density at radius 1 is 0.760 bits per heavy atom. The molecular formula is C35H44Cl2O10S3. The van der Waals surface area contributed by atoms with Crippen molar-refractivity contribution in [2.75, 3.05) is 47.8 Å². The van der Waals surface area contributed by atoms with E-state index >= 15 is 0 Å². The van der Waals surface area contributed by atoms with Gasteiger partial charge in [0.1, 0.15) is 23.0 Å². The average Bonchev–Trinajstić information content (AvgIpc) is 3.77. The molecular weight excluding hydrogens is 747 g/mol. The Morgan fingerprint density at radius 3 is 1.68 bits per heavy atom. The summed E-state index contributed by atoms with van der Waals surface area (Å²) in [6.07, 6.45) is 5.61. The number of hydrogen-bond acceptors (Lipinski definition) is 8. The van der Waals surface area contributed by atoms with Gasteiger partial charge in [-0.2, -0.15) is 0 Å². The summed E-state index contributed by atoms with van der Waals surface area (Å²) in [5, 5.41) is 21.7. The van der Waals surface area contributed by atoms with Crippen LogP contribution in [0.1, 0.15) is 33.1 Å². The number of carboxylic acid groups (broad SMARTS) is 2. The second kappa shape index (κ2) is 24.2. The molecule has 0 radical (unpaired) electrons. The van der Waals surface area contributed by atoms with Gasteiger partial charge in [-0.15, -0.1) is 23.2 Å². The van der Waals surface area contributed by atoms with E-state index in [0.29, 0.717) is 28.6 Å². The summed E-state index contributed by atoms with van der Waals surface area (Å²) >= 11 is 9.53. The van der Waals surface area contributed by atoms with Crippen LogP contribution in [0.25, 0.3) is 21.5 Å². The van der Waals surface area contributed by atoms with E-state index in [0.717, 1.165) is 27.7 Å². The molecule has 0 saturated carbocycles. The summed E-state index contributed by atoms with van der Waals surface area (Å²) in [6, 6.07) is 25.4. The summed E-state index contributed by atoms with van der Waals surface area (Å²) in [5.74, 6) is 3.82. The highest BCUT2D eigenvalue weighted by molar-refractivity contribution is 7.97. The number of benzene rings is 4. The molecule has 0 spiro atoms. The molecule has 0 atom stereocenters. The second-order valence-electron chi connectivity index (χ2n) is 10.4. The van der Waals surface area contributed by atoms with Crippen LogP contribution in [-0.2, 0) is 41.4 Å². The van der Waals surface area contributed by atoms with Gasteiger partial charge in [0.15, 0.2) is 18.1 Å². The first-order chi connectivity index (χ1) is 23.3. The van der Waals surface area contributed by atoms with Crippen LogP contribution in [0.5, 0.6) is 11.5 Å². The Bertz CT molecular complexity index is 1740. The maximum absolute atomic E-state index is 10.7. The minimum atomic E-state index is -3.92. The van der Waals surface area contributed by atoms with Crippen LogP contribution in [0.15, 0.2) is 83.8 Å². The van der Waals surface area contributed by atoms with Gasteiger partial charge in [-0.1, -0.05) is 62.0 Å². The van der Waals surface area contributed by atoms with Gasteiger partial charge in [0.25, 0.3) is 0 Å². The first-order valence-electron chi connectivity index (χ1n) is 15.1. The van der Waals surface area contributed by atoms with Crippen molar-refractivity contribution in [3.8, 4) is 11.5 Å². The first kappa shape index (κ1) is 45.0. The fraction of sp³-hybridized carbons (Fsp3) is 0.371. The molecule has 0 amide bonds. The van der Waals surface area contributed by atoms with Crippen molar-refractivity contribution in [3.63, 3.8) is 0 Å². The van der Waals surface area contributed by atoms with Crippen LogP contribution >= 0.6 is 23.2 Å². The standard InChI is InChI=1S/C16H16O3S.C12H10O3.C4H8OS.CH2Cl2.CH4O3S.CH4/c17-16(18)11-19-14-7-8-15(20-9-3-4-10-20)13-6-2-1-5-12(13)14;13-12(14)8-15-11-7-3-5-9-4-1-2-6-10(9)11;5-6-3-1-2-4-6;2-1-3;1-5(2,3)4;/h1-2,5-8H,3-4,9-11H2;1-7H,8H2,(H,13,14);1-4H2;1H2;1H3,(H,2,3,4);1H4. The number of hydrogen-bond donors (Lipinski definition) is 2. The Kier molecular flexibility index (Phi) is 21.7. The molecule has 0 bridgehead atoms. The summed E-state index contributed by atoms with van der Waals surface area (Å²) in [5.41, 5.74) is 0. The highest BCUT2D eigenvalue weighted by Crippen LogP contribution is 2.34. The number of carbonyl (C=O) groups is 2. The predicted octanol–water partition coefficient (Wildman–Crippen LogP) is 7.13. The van der Waals surface area contributed by atoms with Gasteiger partial charge in [0, 0.05) is 55.6 Å². The lowest BCUT2D eigenvalue weighted by Gasteiger charge is -2.10. The maximum atomic E-state index is 10.7. The summed E-state index contributed by atoms with van der Waals surface area (Å²) in [7, 11) is -4.00. The van der Waals surface area contributed by atoms with E-state index < -0.39 is 32.9 Å². The Hall–Kier alpha value is -3.07. The van der Waals surface area contributed by atoms with E-state index in [1.165, 1.54) is 47.5 Å². The molecule has 2 fully saturated rings. The number of carboxylic acids is 2. The number of aliphatic carboxylic acids is 2. The summed E-state index contributed by atoms with van der Waals surface area (Å²) in [6.45, 7) is -0.608. The maximum Gasteiger partial charge on any atom is 0.341 e. The molecule has 15 heteroatoms. The molecule has 4 aromatic carbocycles. The molecule has 276 valence electrons. The lowest BCUT2D eigenvalue weighted by molar-refractivity contribution is -0.140. The summed E-state index contributed by atoms with van der Waals surface area (Å²) < 4.78 is 48.2. The van der Waals surface area contributed by atoms with Crippen LogP contribution in [0, 0.1) is 0 Å². The summed E-state index contributed by atoms with van der Waals surface area (Å²) in [4.78, 5) is 22.4. The van der Waals surface area contributed by atoms with Gasteiger partial charge in [0.2, 0.25) is 0 Å². The van der Waals surface area contributed by atoms with E-state index in [1.54, 1.807) is 6.07 Å². The third-order valence-electron chi connectivity index (χ3n) is 6.63. The van der Waals surface area contributed by atoms with Gasteiger partial charge >= 0.3 is 11.9 Å². The van der Waals surface area contributed by atoms with E-state index in [4.69, 9.17) is 55.9 Å². The van der Waals surface area contributed by atoms with Crippen molar-refractivity contribution >= 4 is 88.5 Å². The predicted molar refractivity (Wildman–Crippen MR) is 205 cm³/mol. The van der Waals surface area contributed by atoms with Crippen LogP contribution in [0.3, 0.4) is 0 Å². The zero-order valence-corrected chi connectivity index (χ0v) is 30.9. The minimum absolute atomic E-state index is 0. The lowest BCUT2D eigenvalue weighted by atomic mass is 10.1. The van der Waals surface area contributed by atoms with Crippen molar-refractivity contribution in [1.82, 2.24) is 0 Å². The van der Waals surface area contributed by atoms with Crippen LogP contribution in [0.4, 0.5) is 0 Å². The average molecular weight is 792 g/mol. The molecule has 0 unspecified atom stereocenters. The number of halogens is 2. The monoisotopic (exact) mass is 790 g/mol. The molecule has 0 aliphatic carbocycles. The van der Waals surface area contributed by atoms with E-state index in [9.17, 15) is 13.8 Å². The molecule has 10 nitrogen and oxygen atoms in total. The largest absolute Gasteiger partial charge is 0.748 e. The van der Waals surface area contributed by atoms with Crippen molar-refractivity contribution < 1.29 is 46.5 Å². The lowest BCUT2D eigenvalue weighted by Crippen LogP contribution is -2.10. The smallest absolute Gasteiger partial charge is 0.341 e. The van der Waals surface area contributed by atoms with E-state index in [-0.39, 0.29) is 26.0 Å². The first-order valence-corrected chi connectivity index (χ1v) is 21.0. The zero-order chi connectivity index (χ0) is 36.2. The molecule has 2 aliphatic heterocycles. The van der Waals surface area contributed by atoms with Gasteiger partial charge in [0.05, 0.1) is 15.5 Å². The SMILES string of the molecule is C.CS(=O)(=O)[O-].ClCCl.O=C(O)COc1ccc([S+]2CCCC2)c2ccccc12.O=C(O)COc1cccc2ccccc12.O=S1CCCC1. The molecule has 2 aliphatic rings. The fourth-order valence-electron chi connectivity index (χ4n) is 4.72. The molecule has 50 heavy (non-hydrogen) atoms. The zero-order valence-electron chi connectivity index (χ0n) is 26.9. The minimum Gasteiger partial charge on any atom is -0.748 e. The van der Waals surface area contributed by atoms with E-state index in [2.05, 4.69) is 12.1 Å². The number of rotatable bonds is 7. The van der Waals surface area contributed by atoms with Crippen molar-refractivity contribution in [2.45, 2.75) is 38.0 Å². The third kappa shape index (κ3) is 17.7. The van der Waals surface area contributed by atoms with Gasteiger partial charge in [-0.3, -0.25) is 4.21 Å². The third-order valence-corrected chi connectivity index (χ3v) is 10.7. The Morgan fingerprint density at radius 2 is 1.20 bits per heavy atom. The molecule has 2 saturated heterocycles. The fourth-order valence-corrected chi connectivity index (χ4v) is 8.48. The van der Waals surface area contributed by atoms with Crippen molar-refractivity contribution in [3.05, 3.63) is 78.9 Å². The highest BCUT2D eigenvalue weighted by Gasteiger charge is 2.29. The number of ether oxygens (including phenoxy) is 2. The molecule has 6 rings (SSSR count). The van der Waals surface area contributed by atoms with Crippen LogP contribution < -0.4 is 9.47 Å². The van der Waals surface area contributed by atoms with Gasteiger partial charge < -0.3 is 24.2 Å².